The van der Waals surface area contributed by atoms with Gasteiger partial charge >= 0.3 is 0 Å². The summed E-state index contributed by atoms with van der Waals surface area (Å²) in [6.45, 7) is 0.580. The first-order chi connectivity index (χ1) is 9.69. The van der Waals surface area contributed by atoms with Gasteiger partial charge in [0.1, 0.15) is 11.6 Å². The average molecular weight is 290 g/mol. The SMILES string of the molecule is COc1ccc(Cl)cc1Cn1ccc2c(F)cccc21. The molecule has 20 heavy (non-hydrogen) atoms. The molecule has 0 aliphatic heterocycles. The van der Waals surface area contributed by atoms with E-state index < -0.39 is 0 Å². The number of aromatic nitrogens is 1. The normalized spacial score (nSPS) is 10.9. The van der Waals surface area contributed by atoms with Gasteiger partial charge in [-0.1, -0.05) is 17.7 Å². The molecule has 0 radical (unpaired) electrons. The van der Waals surface area contributed by atoms with E-state index in [0.29, 0.717) is 17.0 Å². The van der Waals surface area contributed by atoms with E-state index in [1.165, 1.54) is 6.07 Å². The summed E-state index contributed by atoms with van der Waals surface area (Å²) in [4.78, 5) is 0. The number of hydrogen-bond donors (Lipinski definition) is 0. The molecule has 0 aliphatic carbocycles. The fourth-order valence-corrected chi connectivity index (χ4v) is 2.57. The number of nitrogens with zero attached hydrogens (tertiary/aromatic N) is 1. The molecular weight excluding hydrogens is 277 g/mol. The first-order valence-corrected chi connectivity index (χ1v) is 6.62. The lowest BCUT2D eigenvalue weighted by atomic mass is 10.2. The topological polar surface area (TPSA) is 14.2 Å². The molecule has 0 saturated carbocycles. The summed E-state index contributed by atoms with van der Waals surface area (Å²) >= 11 is 6.03. The molecule has 0 aliphatic rings. The van der Waals surface area contributed by atoms with Crippen LogP contribution >= 0.6 is 11.6 Å². The molecule has 0 amide bonds. The predicted octanol–water partition coefficient (Wildman–Crippen LogP) is 4.49. The van der Waals surface area contributed by atoms with E-state index in [2.05, 4.69) is 0 Å². The van der Waals surface area contributed by atoms with Gasteiger partial charge in [0.25, 0.3) is 0 Å². The van der Waals surface area contributed by atoms with E-state index >= 15 is 0 Å². The summed E-state index contributed by atoms with van der Waals surface area (Å²) in [5.41, 5.74) is 1.81. The van der Waals surface area contributed by atoms with Crippen LogP contribution in [0.25, 0.3) is 10.9 Å². The van der Waals surface area contributed by atoms with E-state index in [9.17, 15) is 4.39 Å². The van der Waals surface area contributed by atoms with Crippen LogP contribution in [0.4, 0.5) is 4.39 Å². The smallest absolute Gasteiger partial charge is 0.132 e. The number of methoxy groups -OCH3 is 1. The molecule has 0 N–H and O–H groups in total. The standard InChI is InChI=1S/C16H13ClFNO/c1-20-16-6-5-12(17)9-11(16)10-19-8-7-13-14(18)3-2-4-15(13)19/h2-9H,10H2,1H3. The molecule has 2 nitrogen and oxygen atoms in total. The molecule has 0 bridgehead atoms. The van der Waals surface area contributed by atoms with Crippen molar-refractivity contribution in [2.75, 3.05) is 7.11 Å². The molecule has 3 rings (SSSR count). The Balaban J connectivity index is 2.06. The molecule has 3 aromatic rings. The number of rotatable bonds is 3. The Morgan fingerprint density at radius 1 is 1.20 bits per heavy atom. The summed E-state index contributed by atoms with van der Waals surface area (Å²) in [7, 11) is 1.63. The minimum absolute atomic E-state index is 0.209. The minimum atomic E-state index is -0.209. The Hall–Kier alpha value is -2.00. The van der Waals surface area contributed by atoms with Crippen molar-refractivity contribution in [3.8, 4) is 5.75 Å². The van der Waals surface area contributed by atoms with Gasteiger partial charge in [-0.15, -0.1) is 0 Å². The third kappa shape index (κ3) is 2.25. The maximum absolute atomic E-state index is 13.7. The van der Waals surface area contributed by atoms with Crippen molar-refractivity contribution in [3.05, 3.63) is 65.1 Å². The quantitative estimate of drug-likeness (QED) is 0.693. The number of halogens is 2. The zero-order chi connectivity index (χ0) is 14.1. The maximum Gasteiger partial charge on any atom is 0.132 e. The van der Waals surface area contributed by atoms with Crippen LogP contribution in [-0.4, -0.2) is 11.7 Å². The van der Waals surface area contributed by atoms with Crippen LogP contribution in [0.5, 0.6) is 5.75 Å². The predicted molar refractivity (Wildman–Crippen MR) is 79.0 cm³/mol. The molecule has 4 heteroatoms. The molecule has 102 valence electrons. The van der Waals surface area contributed by atoms with Crippen molar-refractivity contribution in [3.63, 3.8) is 0 Å². The molecule has 0 atom stereocenters. The highest BCUT2D eigenvalue weighted by Gasteiger charge is 2.09. The Morgan fingerprint density at radius 2 is 2.05 bits per heavy atom. The van der Waals surface area contributed by atoms with E-state index in [4.69, 9.17) is 16.3 Å². The Kier molecular flexibility index (Phi) is 3.36. The summed E-state index contributed by atoms with van der Waals surface area (Å²) in [6.07, 6.45) is 1.87. The van der Waals surface area contributed by atoms with Gasteiger partial charge < -0.3 is 9.30 Å². The summed E-state index contributed by atoms with van der Waals surface area (Å²) in [5.74, 6) is 0.562. The summed E-state index contributed by atoms with van der Waals surface area (Å²) in [6, 6.07) is 12.3. The van der Waals surface area contributed by atoms with Crippen LogP contribution in [0.3, 0.4) is 0 Å². The zero-order valence-electron chi connectivity index (χ0n) is 10.9. The number of benzene rings is 2. The third-order valence-corrected chi connectivity index (χ3v) is 3.58. The van der Waals surface area contributed by atoms with Gasteiger partial charge in [0, 0.05) is 22.2 Å². The van der Waals surface area contributed by atoms with Crippen molar-refractivity contribution in [1.82, 2.24) is 4.57 Å². The molecule has 0 unspecified atom stereocenters. The lowest BCUT2D eigenvalue weighted by Crippen LogP contribution is -2.00. The van der Waals surface area contributed by atoms with Crippen LogP contribution in [0.15, 0.2) is 48.7 Å². The van der Waals surface area contributed by atoms with Gasteiger partial charge in [-0.25, -0.2) is 4.39 Å². The minimum Gasteiger partial charge on any atom is -0.496 e. The van der Waals surface area contributed by atoms with E-state index in [-0.39, 0.29) is 5.82 Å². The summed E-state index contributed by atoms with van der Waals surface area (Å²) in [5, 5.41) is 1.27. The van der Waals surface area contributed by atoms with Crippen LogP contribution < -0.4 is 4.74 Å². The number of ether oxygens (including phenoxy) is 1. The zero-order valence-corrected chi connectivity index (χ0v) is 11.7. The second-order valence-corrected chi connectivity index (χ2v) is 5.01. The van der Waals surface area contributed by atoms with E-state index in [0.717, 1.165) is 16.8 Å². The van der Waals surface area contributed by atoms with Gasteiger partial charge in [0.05, 0.1) is 19.2 Å². The second kappa shape index (κ2) is 5.17. The highest BCUT2D eigenvalue weighted by atomic mass is 35.5. The lowest BCUT2D eigenvalue weighted by Gasteiger charge is -2.11. The highest BCUT2D eigenvalue weighted by molar-refractivity contribution is 6.30. The van der Waals surface area contributed by atoms with Gasteiger partial charge in [-0.2, -0.15) is 0 Å². The first-order valence-electron chi connectivity index (χ1n) is 6.25. The number of fused-ring (bicyclic) bond motifs is 1. The van der Waals surface area contributed by atoms with Crippen molar-refractivity contribution in [2.24, 2.45) is 0 Å². The van der Waals surface area contributed by atoms with Crippen LogP contribution in [-0.2, 0) is 6.54 Å². The number of hydrogen-bond acceptors (Lipinski definition) is 1. The lowest BCUT2D eigenvalue weighted by molar-refractivity contribution is 0.408. The van der Waals surface area contributed by atoms with Gasteiger partial charge in [-0.3, -0.25) is 0 Å². The summed E-state index contributed by atoms with van der Waals surface area (Å²) < 4.78 is 21.0. The van der Waals surface area contributed by atoms with Gasteiger partial charge in [0.15, 0.2) is 0 Å². The third-order valence-electron chi connectivity index (χ3n) is 3.34. The Morgan fingerprint density at radius 3 is 2.85 bits per heavy atom. The first kappa shape index (κ1) is 13.0. The Labute approximate surface area is 121 Å². The molecule has 1 heterocycles. The van der Waals surface area contributed by atoms with Gasteiger partial charge in [-0.05, 0) is 36.4 Å². The fourth-order valence-electron chi connectivity index (χ4n) is 2.38. The molecule has 0 saturated heterocycles. The van der Waals surface area contributed by atoms with Crippen LogP contribution in [0.2, 0.25) is 5.02 Å². The second-order valence-electron chi connectivity index (χ2n) is 4.57. The fraction of sp³-hybridized carbons (Fsp3) is 0.125. The largest absolute Gasteiger partial charge is 0.496 e. The Bertz CT molecular complexity index is 766. The highest BCUT2D eigenvalue weighted by Crippen LogP contribution is 2.26. The van der Waals surface area contributed by atoms with Crippen LogP contribution in [0, 0.1) is 5.82 Å². The van der Waals surface area contributed by atoms with Crippen molar-refractivity contribution in [2.45, 2.75) is 6.54 Å². The monoisotopic (exact) mass is 289 g/mol. The molecule has 1 aromatic heterocycles. The van der Waals surface area contributed by atoms with Gasteiger partial charge in [0.2, 0.25) is 0 Å². The molecule has 2 aromatic carbocycles. The van der Waals surface area contributed by atoms with Crippen molar-refractivity contribution in [1.29, 1.82) is 0 Å². The molecule has 0 spiro atoms. The van der Waals surface area contributed by atoms with Crippen molar-refractivity contribution < 1.29 is 9.13 Å². The van der Waals surface area contributed by atoms with Crippen molar-refractivity contribution >= 4 is 22.5 Å². The maximum atomic E-state index is 13.7. The van der Waals surface area contributed by atoms with E-state index in [1.54, 1.807) is 25.3 Å². The van der Waals surface area contributed by atoms with E-state index in [1.807, 2.05) is 29.0 Å². The average Bonchev–Trinajstić information content (AvgIpc) is 2.84. The van der Waals surface area contributed by atoms with Crippen LogP contribution in [0.1, 0.15) is 5.56 Å². The molecular formula is C16H13ClFNO. The molecule has 0 fully saturated rings.